The second-order valence-electron chi connectivity index (χ2n) is 6.39. The first kappa shape index (κ1) is 14.3. The standard InChI is InChI=1S/C21H18N2O2/c1-3-15(13-22-9-1)14-24-18-6-8-20-16(11-18)12-21(25-20)19-7-5-17-4-2-10-23(17)19/h1,3-4,6-9,11-13H,2,5,10,14H2. The molecule has 3 aromatic rings. The zero-order valence-corrected chi connectivity index (χ0v) is 13.8. The van der Waals surface area contributed by atoms with Gasteiger partial charge in [0.2, 0.25) is 0 Å². The average Bonchev–Trinajstić information content (AvgIpc) is 3.35. The van der Waals surface area contributed by atoms with Gasteiger partial charge < -0.3 is 14.1 Å². The highest BCUT2D eigenvalue weighted by atomic mass is 16.5. The number of hydrogen-bond acceptors (Lipinski definition) is 4. The molecular weight excluding hydrogens is 312 g/mol. The lowest BCUT2D eigenvalue weighted by Crippen LogP contribution is -2.12. The maximum absolute atomic E-state index is 6.08. The van der Waals surface area contributed by atoms with Crippen molar-refractivity contribution in [1.82, 2.24) is 9.88 Å². The SMILES string of the molecule is C1=C2CC=C(c3cc4cc(OCc5cccnc5)ccc4o3)N2CC1. The lowest BCUT2D eigenvalue weighted by atomic mass is 10.2. The number of fused-ring (bicyclic) bond motifs is 2. The molecule has 4 heterocycles. The van der Waals surface area contributed by atoms with Gasteiger partial charge in [-0.2, -0.15) is 0 Å². The molecule has 0 unspecified atom stereocenters. The molecule has 0 amide bonds. The first-order chi connectivity index (χ1) is 12.4. The van der Waals surface area contributed by atoms with Crippen LogP contribution >= 0.6 is 0 Å². The van der Waals surface area contributed by atoms with Crippen LogP contribution < -0.4 is 4.74 Å². The quantitative estimate of drug-likeness (QED) is 0.692. The Kier molecular flexibility index (Phi) is 3.33. The number of aromatic nitrogens is 1. The van der Waals surface area contributed by atoms with Gasteiger partial charge in [0.05, 0.1) is 5.70 Å². The van der Waals surface area contributed by atoms with Crippen molar-refractivity contribution in [3.63, 3.8) is 0 Å². The van der Waals surface area contributed by atoms with E-state index in [9.17, 15) is 0 Å². The topological polar surface area (TPSA) is 38.5 Å². The number of benzene rings is 1. The van der Waals surface area contributed by atoms with Gasteiger partial charge in [-0.05, 0) is 36.8 Å². The second-order valence-corrected chi connectivity index (χ2v) is 6.39. The van der Waals surface area contributed by atoms with Gasteiger partial charge in [0.25, 0.3) is 0 Å². The highest BCUT2D eigenvalue weighted by molar-refractivity contribution is 5.83. The van der Waals surface area contributed by atoms with E-state index in [1.165, 1.54) is 11.4 Å². The van der Waals surface area contributed by atoms with E-state index < -0.39 is 0 Å². The van der Waals surface area contributed by atoms with Crippen molar-refractivity contribution in [3.8, 4) is 5.75 Å². The number of hydrogen-bond donors (Lipinski definition) is 0. The predicted octanol–water partition coefficient (Wildman–Crippen LogP) is 4.74. The third-order valence-corrected chi connectivity index (χ3v) is 4.74. The zero-order chi connectivity index (χ0) is 16.6. The summed E-state index contributed by atoms with van der Waals surface area (Å²) < 4.78 is 12.0. The summed E-state index contributed by atoms with van der Waals surface area (Å²) in [5.41, 5.74) is 4.54. The van der Waals surface area contributed by atoms with Crippen LogP contribution in [0.3, 0.4) is 0 Å². The van der Waals surface area contributed by atoms with Crippen molar-refractivity contribution in [3.05, 3.63) is 78.0 Å². The van der Waals surface area contributed by atoms with E-state index in [1.807, 2.05) is 36.5 Å². The van der Waals surface area contributed by atoms with Gasteiger partial charge in [0, 0.05) is 42.0 Å². The van der Waals surface area contributed by atoms with Crippen LogP contribution in [0, 0.1) is 0 Å². The van der Waals surface area contributed by atoms with Gasteiger partial charge >= 0.3 is 0 Å². The molecule has 0 N–H and O–H groups in total. The molecule has 0 aliphatic carbocycles. The highest BCUT2D eigenvalue weighted by Gasteiger charge is 2.26. The van der Waals surface area contributed by atoms with Crippen LogP contribution in [0.2, 0.25) is 0 Å². The predicted molar refractivity (Wildman–Crippen MR) is 96.8 cm³/mol. The molecule has 0 saturated carbocycles. The minimum absolute atomic E-state index is 0.511. The lowest BCUT2D eigenvalue weighted by molar-refractivity contribution is 0.306. The van der Waals surface area contributed by atoms with E-state index in [0.717, 1.165) is 47.4 Å². The fraction of sp³-hybridized carbons (Fsp3) is 0.190. The first-order valence-corrected chi connectivity index (χ1v) is 8.59. The number of nitrogens with zero attached hydrogens (tertiary/aromatic N) is 2. The molecule has 2 aliphatic rings. The molecule has 2 aliphatic heterocycles. The van der Waals surface area contributed by atoms with E-state index in [-0.39, 0.29) is 0 Å². The maximum atomic E-state index is 6.08. The Morgan fingerprint density at radius 1 is 1.16 bits per heavy atom. The summed E-state index contributed by atoms with van der Waals surface area (Å²) in [5.74, 6) is 1.77. The van der Waals surface area contributed by atoms with Gasteiger partial charge in [-0.15, -0.1) is 0 Å². The smallest absolute Gasteiger partial charge is 0.151 e. The van der Waals surface area contributed by atoms with Crippen molar-refractivity contribution >= 4 is 16.7 Å². The van der Waals surface area contributed by atoms with Crippen molar-refractivity contribution in [2.24, 2.45) is 0 Å². The molecule has 4 heteroatoms. The summed E-state index contributed by atoms with van der Waals surface area (Å²) in [4.78, 5) is 6.47. The Bertz CT molecular complexity index is 986. The minimum Gasteiger partial charge on any atom is -0.489 e. The molecule has 1 aromatic carbocycles. The van der Waals surface area contributed by atoms with Crippen molar-refractivity contribution < 1.29 is 9.15 Å². The van der Waals surface area contributed by atoms with E-state index in [0.29, 0.717) is 6.61 Å². The summed E-state index contributed by atoms with van der Waals surface area (Å²) in [6.07, 6.45) is 10.3. The second kappa shape index (κ2) is 5.81. The van der Waals surface area contributed by atoms with Crippen molar-refractivity contribution in [1.29, 1.82) is 0 Å². The van der Waals surface area contributed by atoms with Crippen LogP contribution in [0.25, 0.3) is 16.7 Å². The average molecular weight is 330 g/mol. The molecule has 0 bridgehead atoms. The molecule has 0 spiro atoms. The Morgan fingerprint density at radius 3 is 3.08 bits per heavy atom. The van der Waals surface area contributed by atoms with Crippen molar-refractivity contribution in [2.45, 2.75) is 19.4 Å². The highest BCUT2D eigenvalue weighted by Crippen LogP contribution is 2.38. The molecule has 0 radical (unpaired) electrons. The summed E-state index contributed by atoms with van der Waals surface area (Å²) in [6, 6.07) is 12.0. The molecule has 25 heavy (non-hydrogen) atoms. The van der Waals surface area contributed by atoms with Crippen LogP contribution in [0.1, 0.15) is 24.2 Å². The number of furan rings is 1. The number of allylic oxidation sites excluding steroid dienone is 1. The summed E-state index contributed by atoms with van der Waals surface area (Å²) in [5, 5.41) is 1.07. The molecule has 0 atom stereocenters. The van der Waals surface area contributed by atoms with Crippen LogP contribution in [-0.2, 0) is 6.61 Å². The van der Waals surface area contributed by atoms with E-state index in [2.05, 4.69) is 28.1 Å². The molecule has 0 saturated heterocycles. The molecule has 0 fully saturated rings. The van der Waals surface area contributed by atoms with Crippen LogP contribution in [0.5, 0.6) is 5.75 Å². The van der Waals surface area contributed by atoms with Crippen molar-refractivity contribution in [2.75, 3.05) is 6.54 Å². The number of rotatable bonds is 4. The van der Waals surface area contributed by atoms with E-state index in [1.54, 1.807) is 6.20 Å². The van der Waals surface area contributed by atoms with Crippen LogP contribution in [-0.4, -0.2) is 16.4 Å². The molecular formula is C21H18N2O2. The minimum atomic E-state index is 0.511. The summed E-state index contributed by atoms with van der Waals surface area (Å²) >= 11 is 0. The van der Waals surface area contributed by atoms with E-state index in [4.69, 9.17) is 9.15 Å². The zero-order valence-electron chi connectivity index (χ0n) is 13.8. The molecule has 5 rings (SSSR count). The first-order valence-electron chi connectivity index (χ1n) is 8.59. The van der Waals surface area contributed by atoms with Gasteiger partial charge in [-0.1, -0.05) is 18.2 Å². The Balaban J connectivity index is 1.39. The van der Waals surface area contributed by atoms with Gasteiger partial charge in [0.1, 0.15) is 17.9 Å². The molecule has 4 nitrogen and oxygen atoms in total. The normalized spacial score (nSPS) is 16.1. The molecule has 2 aromatic heterocycles. The Hall–Kier alpha value is -3.01. The largest absolute Gasteiger partial charge is 0.489 e. The summed E-state index contributed by atoms with van der Waals surface area (Å²) in [7, 11) is 0. The monoisotopic (exact) mass is 330 g/mol. The van der Waals surface area contributed by atoms with Gasteiger partial charge in [-0.25, -0.2) is 0 Å². The Labute approximate surface area is 146 Å². The maximum Gasteiger partial charge on any atom is 0.151 e. The fourth-order valence-corrected chi connectivity index (χ4v) is 3.52. The third kappa shape index (κ3) is 2.60. The molecule has 124 valence electrons. The van der Waals surface area contributed by atoms with Gasteiger partial charge in [0.15, 0.2) is 5.76 Å². The fourth-order valence-electron chi connectivity index (χ4n) is 3.52. The third-order valence-electron chi connectivity index (χ3n) is 4.74. The lowest BCUT2D eigenvalue weighted by Gasteiger charge is -2.17. The van der Waals surface area contributed by atoms with E-state index >= 15 is 0 Å². The number of ether oxygens (including phenoxy) is 1. The van der Waals surface area contributed by atoms with Crippen LogP contribution in [0.4, 0.5) is 0 Å². The summed E-state index contributed by atoms with van der Waals surface area (Å²) in [6.45, 7) is 1.56. The van der Waals surface area contributed by atoms with Crippen LogP contribution in [0.15, 0.2) is 71.1 Å². The number of pyridine rings is 1. The Morgan fingerprint density at radius 2 is 2.16 bits per heavy atom. The van der Waals surface area contributed by atoms with Gasteiger partial charge in [-0.3, -0.25) is 4.98 Å².